The van der Waals surface area contributed by atoms with Crippen LogP contribution < -0.4 is 0 Å². The first kappa shape index (κ1) is 76.5. The zero-order valence-corrected chi connectivity index (χ0v) is 52.8. The van der Waals surface area contributed by atoms with E-state index < -0.39 is 6.10 Å². The molecule has 0 saturated carbocycles. The van der Waals surface area contributed by atoms with Crippen molar-refractivity contribution in [2.45, 2.75) is 309 Å². The molecule has 0 saturated heterocycles. The molecule has 81 heavy (non-hydrogen) atoms. The van der Waals surface area contributed by atoms with E-state index in [-0.39, 0.29) is 31.1 Å². The van der Waals surface area contributed by atoms with Crippen molar-refractivity contribution >= 4 is 17.9 Å². The number of ether oxygens (including phenoxy) is 3. The number of unbranched alkanes of at least 4 members (excludes halogenated alkanes) is 27. The number of esters is 3. The molecular weight excluding hydrogens is 997 g/mol. The lowest BCUT2D eigenvalue weighted by molar-refractivity contribution is -0.167. The number of rotatable bonds is 60. The Bertz CT molecular complexity index is 1720. The fourth-order valence-electron chi connectivity index (χ4n) is 9.06. The second-order valence-corrected chi connectivity index (χ2v) is 22.0. The molecule has 0 radical (unpaired) electrons. The normalized spacial score (nSPS) is 13.0. The molecule has 0 rings (SSSR count). The minimum absolute atomic E-state index is 0.0940. The van der Waals surface area contributed by atoms with Crippen LogP contribution in [0.2, 0.25) is 0 Å². The maximum Gasteiger partial charge on any atom is 0.306 e. The van der Waals surface area contributed by atoms with Crippen molar-refractivity contribution in [1.29, 1.82) is 0 Å². The molecule has 0 spiro atoms. The highest BCUT2D eigenvalue weighted by Crippen LogP contribution is 2.15. The third-order valence-corrected chi connectivity index (χ3v) is 14.1. The minimum Gasteiger partial charge on any atom is -0.462 e. The number of carbonyl (C=O) groups is 3. The fourth-order valence-corrected chi connectivity index (χ4v) is 9.06. The summed E-state index contributed by atoms with van der Waals surface area (Å²) < 4.78 is 16.9. The topological polar surface area (TPSA) is 78.9 Å². The minimum atomic E-state index is -0.798. The van der Waals surface area contributed by atoms with Gasteiger partial charge in [0.1, 0.15) is 13.2 Å². The molecule has 0 amide bonds. The van der Waals surface area contributed by atoms with Gasteiger partial charge in [0.2, 0.25) is 0 Å². The Morgan fingerprint density at radius 1 is 0.259 bits per heavy atom. The molecule has 0 aliphatic carbocycles. The zero-order chi connectivity index (χ0) is 58.5. The molecule has 0 aromatic heterocycles. The van der Waals surface area contributed by atoms with E-state index in [2.05, 4.69) is 154 Å². The van der Waals surface area contributed by atoms with Gasteiger partial charge < -0.3 is 14.2 Å². The molecule has 0 fully saturated rings. The van der Waals surface area contributed by atoms with Crippen LogP contribution in [0, 0.1) is 0 Å². The quantitative estimate of drug-likeness (QED) is 0.0261. The Morgan fingerprint density at radius 3 is 0.802 bits per heavy atom. The largest absolute Gasteiger partial charge is 0.462 e. The molecule has 0 aromatic rings. The molecule has 460 valence electrons. The Hall–Kier alpha value is -4.45. The molecule has 0 aliphatic rings. The molecular formula is C75H124O6. The number of hydrogen-bond acceptors (Lipinski definition) is 6. The third-order valence-electron chi connectivity index (χ3n) is 14.1. The van der Waals surface area contributed by atoms with Gasteiger partial charge in [0.15, 0.2) is 6.10 Å². The molecule has 0 bridgehead atoms. The highest BCUT2D eigenvalue weighted by Gasteiger charge is 2.19. The lowest BCUT2D eigenvalue weighted by atomic mass is 10.1. The van der Waals surface area contributed by atoms with Gasteiger partial charge in [0.05, 0.1) is 0 Å². The standard InChI is InChI=1S/C75H124O6/c1-4-7-10-13-16-19-22-25-28-30-32-33-34-35-36-37-38-39-40-41-42-43-44-46-47-50-53-56-59-62-65-68-74(77)80-71-72(70-79-73(76)67-64-61-58-55-52-49-27-24-21-18-15-12-9-6-3)81-75(78)69-66-63-60-57-54-51-48-45-31-29-26-23-20-17-14-11-8-5-2/h7,10,15-16,18-19,24-25,27-29,31-33,35-36,38-39,41-42,44,46,72H,4-6,8-9,11-14,17,20-23,26,30,34,37,40,43,45,47-71H2,1-3H3/b10-7-,18-15-,19-16-,27-24-,28-25-,31-29-,33-32-,36-35-,39-38-,42-41-,46-44-. The third kappa shape index (κ3) is 66.2. The number of allylic oxidation sites excluding steroid dienone is 22. The Balaban J connectivity index is 4.37. The molecule has 0 aliphatic heterocycles. The maximum absolute atomic E-state index is 12.9. The SMILES string of the molecule is CC/C=C\C/C=C\C/C=C\C/C=C\C/C=C\C/C=C\C/C=C\C/C=C\CCCCCCCCC(=O)OCC(COC(=O)CCCCCCC/C=C\C/C=C\CCCC)OC(=O)CCCCCCCCC/C=C\CCCCCCCCC. The molecule has 1 atom stereocenters. The summed E-state index contributed by atoms with van der Waals surface area (Å²) >= 11 is 0. The van der Waals surface area contributed by atoms with E-state index in [0.29, 0.717) is 19.3 Å². The second-order valence-electron chi connectivity index (χ2n) is 22.0. The molecule has 0 aromatic carbocycles. The highest BCUT2D eigenvalue weighted by atomic mass is 16.6. The average molecular weight is 1120 g/mol. The predicted molar refractivity (Wildman–Crippen MR) is 353 cm³/mol. The fraction of sp³-hybridized carbons (Fsp3) is 0.667. The van der Waals surface area contributed by atoms with Crippen molar-refractivity contribution in [3.8, 4) is 0 Å². The Labute approximate surface area is 500 Å². The van der Waals surface area contributed by atoms with Crippen LogP contribution in [0.25, 0.3) is 0 Å². The summed E-state index contributed by atoms with van der Waals surface area (Å²) in [6.07, 6.45) is 96.0. The van der Waals surface area contributed by atoms with Gasteiger partial charge in [0.25, 0.3) is 0 Å². The molecule has 1 unspecified atom stereocenters. The van der Waals surface area contributed by atoms with Crippen molar-refractivity contribution in [3.63, 3.8) is 0 Å². The average Bonchev–Trinajstić information content (AvgIpc) is 3.47. The van der Waals surface area contributed by atoms with E-state index in [9.17, 15) is 14.4 Å². The lowest BCUT2D eigenvalue weighted by Crippen LogP contribution is -2.30. The highest BCUT2D eigenvalue weighted by molar-refractivity contribution is 5.71. The molecule has 0 heterocycles. The van der Waals surface area contributed by atoms with Crippen LogP contribution in [0.15, 0.2) is 134 Å². The summed E-state index contributed by atoms with van der Waals surface area (Å²) in [6, 6.07) is 0. The van der Waals surface area contributed by atoms with Crippen molar-refractivity contribution in [2.24, 2.45) is 0 Å². The van der Waals surface area contributed by atoms with Crippen LogP contribution in [0.4, 0.5) is 0 Å². The van der Waals surface area contributed by atoms with E-state index in [0.717, 1.165) is 148 Å². The van der Waals surface area contributed by atoms with Crippen LogP contribution in [-0.2, 0) is 28.6 Å². The van der Waals surface area contributed by atoms with E-state index in [1.54, 1.807) is 0 Å². The van der Waals surface area contributed by atoms with Gasteiger partial charge in [-0.1, -0.05) is 283 Å². The van der Waals surface area contributed by atoms with Crippen LogP contribution >= 0.6 is 0 Å². The van der Waals surface area contributed by atoms with Gasteiger partial charge in [-0.15, -0.1) is 0 Å². The van der Waals surface area contributed by atoms with Crippen LogP contribution in [0.3, 0.4) is 0 Å². The summed E-state index contributed by atoms with van der Waals surface area (Å²) in [6.45, 7) is 6.47. The van der Waals surface area contributed by atoms with Crippen LogP contribution in [0.1, 0.15) is 303 Å². The van der Waals surface area contributed by atoms with Gasteiger partial charge in [-0.3, -0.25) is 14.4 Å². The summed E-state index contributed by atoms with van der Waals surface area (Å²) in [5.41, 5.74) is 0. The van der Waals surface area contributed by atoms with Crippen molar-refractivity contribution in [2.75, 3.05) is 13.2 Å². The zero-order valence-electron chi connectivity index (χ0n) is 52.8. The maximum atomic E-state index is 12.9. The van der Waals surface area contributed by atoms with Crippen LogP contribution in [0.5, 0.6) is 0 Å². The van der Waals surface area contributed by atoms with Gasteiger partial charge >= 0.3 is 17.9 Å². The van der Waals surface area contributed by atoms with Crippen molar-refractivity contribution in [1.82, 2.24) is 0 Å². The van der Waals surface area contributed by atoms with Gasteiger partial charge in [-0.2, -0.15) is 0 Å². The van der Waals surface area contributed by atoms with Gasteiger partial charge in [0, 0.05) is 19.3 Å². The van der Waals surface area contributed by atoms with Crippen LogP contribution in [-0.4, -0.2) is 37.2 Å². The number of hydrogen-bond donors (Lipinski definition) is 0. The summed E-state index contributed by atoms with van der Waals surface area (Å²) in [5, 5.41) is 0. The van der Waals surface area contributed by atoms with E-state index in [1.807, 2.05) is 0 Å². The Kier molecular flexibility index (Phi) is 64.3. The van der Waals surface area contributed by atoms with Gasteiger partial charge in [-0.05, 0) is 135 Å². The first-order valence-electron chi connectivity index (χ1n) is 33.7. The predicted octanol–water partition coefficient (Wildman–Crippen LogP) is 23.3. The number of carbonyl (C=O) groups excluding carboxylic acids is 3. The van der Waals surface area contributed by atoms with E-state index >= 15 is 0 Å². The molecule has 0 N–H and O–H groups in total. The van der Waals surface area contributed by atoms with E-state index in [1.165, 1.54) is 116 Å². The Morgan fingerprint density at radius 2 is 0.494 bits per heavy atom. The second kappa shape index (κ2) is 68.1. The smallest absolute Gasteiger partial charge is 0.306 e. The summed E-state index contributed by atoms with van der Waals surface area (Å²) in [5.74, 6) is -0.921. The summed E-state index contributed by atoms with van der Waals surface area (Å²) in [4.78, 5) is 38.4. The van der Waals surface area contributed by atoms with Gasteiger partial charge in [-0.25, -0.2) is 0 Å². The first-order chi connectivity index (χ1) is 40.0. The van der Waals surface area contributed by atoms with Crippen molar-refractivity contribution < 1.29 is 28.6 Å². The molecule has 6 nitrogen and oxygen atoms in total. The van der Waals surface area contributed by atoms with Crippen molar-refractivity contribution in [3.05, 3.63) is 134 Å². The molecule has 6 heteroatoms. The van der Waals surface area contributed by atoms with E-state index in [4.69, 9.17) is 14.2 Å². The monoisotopic (exact) mass is 1120 g/mol. The first-order valence-corrected chi connectivity index (χ1v) is 33.7. The lowest BCUT2D eigenvalue weighted by Gasteiger charge is -2.18. The summed E-state index contributed by atoms with van der Waals surface area (Å²) in [7, 11) is 0.